The lowest BCUT2D eigenvalue weighted by atomic mass is 9.61. The zero-order valence-corrected chi connectivity index (χ0v) is 29.0. The van der Waals surface area contributed by atoms with Crippen molar-refractivity contribution in [3.63, 3.8) is 0 Å². The Bertz CT molecular complexity index is 1530. The number of anilines is 1. The summed E-state index contributed by atoms with van der Waals surface area (Å²) in [5.74, 6) is 2.41. The number of fused-ring (bicyclic) bond motifs is 4. The van der Waals surface area contributed by atoms with Crippen molar-refractivity contribution >= 4 is 17.9 Å². The molecule has 6 rings (SSSR count). The minimum absolute atomic E-state index is 0.245. The summed E-state index contributed by atoms with van der Waals surface area (Å²) in [5, 5.41) is 0. The molecule has 240 valence electrons. The van der Waals surface area contributed by atoms with Crippen LogP contribution in [0.4, 0.5) is 5.95 Å². The Kier molecular flexibility index (Phi) is 12.0. The van der Waals surface area contributed by atoms with Crippen LogP contribution in [0.2, 0.25) is 0 Å². The van der Waals surface area contributed by atoms with Gasteiger partial charge in [0.25, 0.3) is 0 Å². The lowest BCUT2D eigenvalue weighted by Gasteiger charge is -2.45. The molecule has 0 saturated heterocycles. The summed E-state index contributed by atoms with van der Waals surface area (Å²) in [6.45, 7) is 15.6. The van der Waals surface area contributed by atoms with Crippen LogP contribution in [-0.4, -0.2) is 33.6 Å². The van der Waals surface area contributed by atoms with Crippen molar-refractivity contribution < 1.29 is 4.74 Å². The second-order valence-corrected chi connectivity index (χ2v) is 13.5. The number of hydrogen-bond acceptors (Lipinski definition) is 8. The first-order valence-electron chi connectivity index (χ1n) is 16.2. The molecular weight excluding hydrogens is 577 g/mol. The van der Waals surface area contributed by atoms with Crippen molar-refractivity contribution in [2.45, 2.75) is 85.0 Å². The van der Waals surface area contributed by atoms with Gasteiger partial charge in [-0.15, -0.1) is 0 Å². The van der Waals surface area contributed by atoms with Crippen LogP contribution < -0.4 is 15.2 Å². The van der Waals surface area contributed by atoms with Crippen LogP contribution in [0.3, 0.4) is 0 Å². The van der Waals surface area contributed by atoms with E-state index in [1.807, 2.05) is 39.2 Å². The van der Waals surface area contributed by atoms with Crippen LogP contribution in [0.15, 0.2) is 65.8 Å². The fourth-order valence-corrected chi connectivity index (χ4v) is 7.48. The maximum absolute atomic E-state index is 6.62. The number of benzene rings is 2. The Morgan fingerprint density at radius 1 is 0.933 bits per heavy atom. The normalized spacial score (nSPS) is 18.6. The van der Waals surface area contributed by atoms with Crippen LogP contribution in [0.1, 0.15) is 81.0 Å². The molecule has 7 nitrogen and oxygen atoms in total. The van der Waals surface area contributed by atoms with Crippen LogP contribution in [0, 0.1) is 38.0 Å². The Labute approximate surface area is 274 Å². The molecular formula is C37H50N6OS. The molecule has 0 radical (unpaired) electrons. The number of aryl methyl sites for hydroxylation is 3. The summed E-state index contributed by atoms with van der Waals surface area (Å²) in [7, 11) is 1.50. The monoisotopic (exact) mass is 626 g/mol. The lowest BCUT2D eigenvalue weighted by molar-refractivity contribution is 0.0601. The molecule has 0 spiro atoms. The van der Waals surface area contributed by atoms with Gasteiger partial charge in [0.2, 0.25) is 11.8 Å². The van der Waals surface area contributed by atoms with Crippen molar-refractivity contribution in [2.75, 3.05) is 18.4 Å². The molecule has 2 atom stereocenters. The van der Waals surface area contributed by atoms with E-state index in [4.69, 9.17) is 19.7 Å². The number of hydrogen-bond donors (Lipinski definition) is 2. The Morgan fingerprint density at radius 2 is 1.64 bits per heavy atom. The summed E-state index contributed by atoms with van der Waals surface area (Å²) < 4.78 is 10.0. The molecule has 8 heteroatoms. The number of nitrogens with one attached hydrogen (secondary N) is 1. The first-order valence-corrected chi connectivity index (χ1v) is 17.0. The Balaban J connectivity index is 0.00000111. The van der Waals surface area contributed by atoms with Crippen LogP contribution in [0.5, 0.6) is 5.88 Å². The van der Waals surface area contributed by atoms with Gasteiger partial charge in [0.05, 0.1) is 23.7 Å². The number of aromatic nitrogens is 4. The number of ether oxygens (including phenoxy) is 1. The van der Waals surface area contributed by atoms with E-state index in [9.17, 15) is 0 Å². The summed E-state index contributed by atoms with van der Waals surface area (Å²) >= 11 is 1.54. The number of nitrogens with zero attached hydrogens (tertiary/aromatic N) is 4. The van der Waals surface area contributed by atoms with Gasteiger partial charge < -0.3 is 10.5 Å². The third-order valence-electron chi connectivity index (χ3n) is 8.55. The van der Waals surface area contributed by atoms with Gasteiger partial charge >= 0.3 is 0 Å². The average Bonchev–Trinajstić information content (AvgIpc) is 3.02. The van der Waals surface area contributed by atoms with Gasteiger partial charge in [-0.25, -0.2) is 4.98 Å². The smallest absolute Gasteiger partial charge is 0.237 e. The first kappa shape index (κ1) is 34.4. The quantitative estimate of drug-likeness (QED) is 0.212. The molecule has 45 heavy (non-hydrogen) atoms. The van der Waals surface area contributed by atoms with E-state index in [-0.39, 0.29) is 5.92 Å². The van der Waals surface area contributed by atoms with E-state index in [0.29, 0.717) is 35.7 Å². The Hall–Kier alpha value is -3.49. The zero-order valence-electron chi connectivity index (χ0n) is 28.2. The van der Waals surface area contributed by atoms with Gasteiger partial charge in [-0.05, 0) is 112 Å². The minimum Gasteiger partial charge on any atom is -0.477 e. The fourth-order valence-electron chi connectivity index (χ4n) is 6.84. The second kappa shape index (κ2) is 15.7. The van der Waals surface area contributed by atoms with Crippen molar-refractivity contribution in [1.29, 1.82) is 0 Å². The highest BCUT2D eigenvalue weighted by molar-refractivity contribution is 8.00. The largest absolute Gasteiger partial charge is 0.477 e. The van der Waals surface area contributed by atoms with E-state index in [0.717, 1.165) is 40.4 Å². The molecule has 1 saturated carbocycles. The number of rotatable bonds is 5. The second-order valence-electron chi connectivity index (χ2n) is 12.7. The molecule has 2 aliphatic rings. The average molecular weight is 627 g/mol. The van der Waals surface area contributed by atoms with E-state index >= 15 is 0 Å². The zero-order chi connectivity index (χ0) is 32.6. The summed E-state index contributed by atoms with van der Waals surface area (Å²) in [6, 6.07) is 17.2. The molecule has 2 aromatic heterocycles. The van der Waals surface area contributed by atoms with Crippen LogP contribution in [0.25, 0.3) is 11.3 Å². The SMILES string of the molecule is CC.CN.Cc1cncc(CC2c3cccc(c3)SNc3nc(cc(-c4c(C)cccc4C)n3)OCC2CC2CC(C)(C)C2)n1. The standard InChI is InChI=1S/C34H39N5OS.C2H6.CH5N/c1-21-8-6-9-22(2)32(21)30-15-31-38-33(37-30)39-41-28-11-7-10-25(13-28)29(14-27-19-35-18-23(3)36-27)26(20-40-31)12-24-16-34(4,5)17-24;2*1-2/h6-11,13,15,18-19,24,26,29H,12,14,16-17,20H2,1-5H3,(H,37,38,39);1-2H3;2H2,1H3. The predicted octanol–water partition coefficient (Wildman–Crippen LogP) is 8.74. The maximum Gasteiger partial charge on any atom is 0.237 e. The van der Waals surface area contributed by atoms with Crippen molar-refractivity contribution in [2.24, 2.45) is 23.0 Å². The van der Waals surface area contributed by atoms with Crippen molar-refractivity contribution in [3.05, 3.63) is 89.0 Å². The third-order valence-corrected chi connectivity index (χ3v) is 9.33. The van der Waals surface area contributed by atoms with Gasteiger partial charge in [-0.3, -0.25) is 14.7 Å². The van der Waals surface area contributed by atoms with E-state index < -0.39 is 0 Å². The van der Waals surface area contributed by atoms with Gasteiger partial charge in [0.1, 0.15) is 0 Å². The maximum atomic E-state index is 6.62. The topological polar surface area (TPSA) is 98.8 Å². The summed E-state index contributed by atoms with van der Waals surface area (Å²) in [6.07, 6.45) is 8.20. The minimum atomic E-state index is 0.245. The molecule has 1 aliphatic heterocycles. The predicted molar refractivity (Wildman–Crippen MR) is 188 cm³/mol. The lowest BCUT2D eigenvalue weighted by Crippen LogP contribution is -2.35. The molecule has 2 aromatic carbocycles. The summed E-state index contributed by atoms with van der Waals surface area (Å²) in [5.41, 5.74) is 12.6. The molecule has 3 N–H and O–H groups in total. The first-order chi connectivity index (χ1) is 21.7. The van der Waals surface area contributed by atoms with Crippen LogP contribution in [-0.2, 0) is 6.42 Å². The van der Waals surface area contributed by atoms with Gasteiger partial charge in [0, 0.05) is 34.8 Å². The molecule has 4 bridgehead atoms. The van der Waals surface area contributed by atoms with E-state index in [2.05, 4.69) is 85.6 Å². The third kappa shape index (κ3) is 8.82. The molecule has 1 fully saturated rings. The number of nitrogens with two attached hydrogens (primary N) is 1. The fraction of sp³-hybridized carbons (Fsp3) is 0.459. The highest BCUT2D eigenvalue weighted by Gasteiger charge is 2.39. The van der Waals surface area contributed by atoms with Crippen LogP contribution >= 0.6 is 11.9 Å². The van der Waals surface area contributed by atoms with E-state index in [1.54, 1.807) is 11.9 Å². The van der Waals surface area contributed by atoms with Crippen molar-refractivity contribution in [3.8, 4) is 17.1 Å². The van der Waals surface area contributed by atoms with Gasteiger partial charge in [0.15, 0.2) is 0 Å². The Morgan fingerprint density at radius 3 is 2.33 bits per heavy atom. The molecule has 3 heterocycles. The molecule has 0 amide bonds. The highest BCUT2D eigenvalue weighted by Crippen LogP contribution is 2.49. The van der Waals surface area contributed by atoms with E-state index in [1.165, 1.54) is 36.6 Å². The molecule has 1 aliphatic carbocycles. The molecule has 2 unspecified atom stereocenters. The van der Waals surface area contributed by atoms with Gasteiger partial charge in [-0.1, -0.05) is 58.0 Å². The highest BCUT2D eigenvalue weighted by atomic mass is 32.2. The van der Waals surface area contributed by atoms with Gasteiger partial charge in [-0.2, -0.15) is 4.98 Å². The summed E-state index contributed by atoms with van der Waals surface area (Å²) in [4.78, 5) is 20.1. The van der Waals surface area contributed by atoms with Crippen molar-refractivity contribution in [1.82, 2.24) is 19.9 Å². The molecule has 4 aromatic rings.